The van der Waals surface area contributed by atoms with Gasteiger partial charge in [-0.2, -0.15) is 13.2 Å². The highest BCUT2D eigenvalue weighted by molar-refractivity contribution is 6.89. The molecule has 1 rings (SSSR count). The third-order valence-corrected chi connectivity index (χ3v) is 6.41. The lowest BCUT2D eigenvalue weighted by atomic mass is 10.3. The minimum atomic E-state index is -4.92. The molecule has 112 valence electrons. The van der Waals surface area contributed by atoms with Crippen molar-refractivity contribution in [1.29, 1.82) is 0 Å². The van der Waals surface area contributed by atoms with Gasteiger partial charge in [-0.1, -0.05) is 30.4 Å². The summed E-state index contributed by atoms with van der Waals surface area (Å²) in [6, 6.07) is 7.85. The summed E-state index contributed by atoms with van der Waals surface area (Å²) in [5, 5.41) is 1.07. The molecule has 0 aliphatic rings. The molecule has 0 N–H and O–H groups in total. The summed E-state index contributed by atoms with van der Waals surface area (Å²) in [4.78, 5) is 10.6. The highest BCUT2D eigenvalue weighted by Crippen LogP contribution is 2.18. The lowest BCUT2D eigenvalue weighted by Gasteiger charge is -2.23. The average molecular weight is 306 g/mol. The number of hydrogen-bond acceptors (Lipinski definition) is 3. The van der Waals surface area contributed by atoms with Gasteiger partial charge in [0.1, 0.15) is 5.75 Å². The van der Waals surface area contributed by atoms with Crippen LogP contribution in [0.4, 0.5) is 13.2 Å². The van der Waals surface area contributed by atoms with E-state index in [4.69, 9.17) is 4.74 Å². The summed E-state index contributed by atoms with van der Waals surface area (Å²) in [5.74, 6) is -1.40. The molecule has 0 aliphatic heterocycles. The fraction of sp³-hybridized carbons (Fsp3) is 0.462. The number of carbonyl (C=O) groups excluding carboxylic acids is 1. The maximum absolute atomic E-state index is 12.0. The number of alkyl halides is 3. The Morgan fingerprint density at radius 3 is 2.20 bits per heavy atom. The van der Waals surface area contributed by atoms with Crippen LogP contribution in [-0.2, 0) is 9.53 Å². The van der Waals surface area contributed by atoms with Crippen molar-refractivity contribution in [3.05, 3.63) is 24.3 Å². The summed E-state index contributed by atoms with van der Waals surface area (Å²) in [6.45, 7) is 3.80. The zero-order valence-electron chi connectivity index (χ0n) is 11.6. The molecule has 20 heavy (non-hydrogen) atoms. The molecule has 0 amide bonds. The maximum atomic E-state index is 12.0. The average Bonchev–Trinajstić information content (AvgIpc) is 2.37. The zero-order valence-corrected chi connectivity index (χ0v) is 12.6. The van der Waals surface area contributed by atoms with E-state index in [2.05, 4.69) is 4.74 Å². The number of methoxy groups -OCH3 is 1. The van der Waals surface area contributed by atoms with Gasteiger partial charge in [0.2, 0.25) is 0 Å². The third kappa shape index (κ3) is 4.55. The molecule has 3 nitrogen and oxygen atoms in total. The molecule has 7 heteroatoms. The van der Waals surface area contributed by atoms with Crippen LogP contribution in [0.15, 0.2) is 24.3 Å². The van der Waals surface area contributed by atoms with E-state index in [0.29, 0.717) is 6.04 Å². The van der Waals surface area contributed by atoms with Gasteiger partial charge in [-0.25, -0.2) is 4.79 Å². The van der Waals surface area contributed by atoms with Gasteiger partial charge in [0.05, 0.1) is 21.8 Å². The van der Waals surface area contributed by atoms with Crippen LogP contribution >= 0.6 is 0 Å². The molecule has 0 atom stereocenters. The largest absolute Gasteiger partial charge is 0.497 e. The molecule has 0 bridgehead atoms. The first-order valence-electron chi connectivity index (χ1n) is 6.05. The molecule has 1 aromatic rings. The van der Waals surface area contributed by atoms with Crippen LogP contribution < -0.4 is 9.92 Å². The Balaban J connectivity index is 2.58. The van der Waals surface area contributed by atoms with Crippen LogP contribution in [0, 0.1) is 0 Å². The summed E-state index contributed by atoms with van der Waals surface area (Å²) >= 11 is 0. The summed E-state index contributed by atoms with van der Waals surface area (Å²) in [5.41, 5.74) is 0. The second-order valence-corrected chi connectivity index (χ2v) is 9.84. The smallest absolute Gasteiger partial charge is 0.490 e. The van der Waals surface area contributed by atoms with Crippen molar-refractivity contribution >= 4 is 19.2 Å². The number of carbonyl (C=O) groups is 1. The fourth-order valence-corrected chi connectivity index (χ4v) is 3.64. The molecule has 0 heterocycles. The first kappa shape index (κ1) is 16.6. The van der Waals surface area contributed by atoms with E-state index in [1.54, 1.807) is 7.11 Å². The Morgan fingerprint density at radius 2 is 1.75 bits per heavy atom. The van der Waals surface area contributed by atoms with Crippen LogP contribution in [0.25, 0.3) is 0 Å². The molecule has 0 unspecified atom stereocenters. The number of halogens is 3. The van der Waals surface area contributed by atoms with Crippen molar-refractivity contribution in [2.45, 2.75) is 25.3 Å². The van der Waals surface area contributed by atoms with Gasteiger partial charge in [-0.15, -0.1) is 0 Å². The molecular formula is C13H17F3O3Si. The predicted molar refractivity (Wildman–Crippen MR) is 71.9 cm³/mol. The van der Waals surface area contributed by atoms with E-state index < -0.39 is 20.2 Å². The van der Waals surface area contributed by atoms with E-state index in [0.717, 1.165) is 10.9 Å². The van der Waals surface area contributed by atoms with Crippen molar-refractivity contribution in [3.63, 3.8) is 0 Å². The van der Waals surface area contributed by atoms with Gasteiger partial charge >= 0.3 is 12.1 Å². The Bertz CT molecular complexity index is 455. The zero-order chi connectivity index (χ0) is 15.4. The van der Waals surface area contributed by atoms with Gasteiger partial charge in [-0.05, 0) is 18.2 Å². The number of esters is 1. The molecule has 0 spiro atoms. The summed E-state index contributed by atoms with van der Waals surface area (Å²) < 4.78 is 45.3. The lowest BCUT2D eigenvalue weighted by molar-refractivity contribution is -0.199. The number of rotatable bonds is 5. The van der Waals surface area contributed by atoms with E-state index in [-0.39, 0.29) is 6.61 Å². The molecule has 0 saturated carbocycles. The molecule has 0 fully saturated rings. The Morgan fingerprint density at radius 1 is 1.20 bits per heavy atom. The predicted octanol–water partition coefficient (Wildman–Crippen LogP) is 2.72. The Hall–Kier alpha value is -1.50. The van der Waals surface area contributed by atoms with Crippen molar-refractivity contribution in [1.82, 2.24) is 0 Å². The second kappa shape index (κ2) is 6.30. The Labute approximate surface area is 116 Å². The molecule has 0 radical (unpaired) electrons. The summed E-state index contributed by atoms with van der Waals surface area (Å²) in [6.07, 6.45) is -4.92. The first-order valence-corrected chi connectivity index (χ1v) is 9.26. The van der Waals surface area contributed by atoms with Crippen molar-refractivity contribution < 1.29 is 27.4 Å². The second-order valence-electron chi connectivity index (χ2n) is 5.00. The van der Waals surface area contributed by atoms with Crippen molar-refractivity contribution in [2.75, 3.05) is 13.7 Å². The van der Waals surface area contributed by atoms with Crippen molar-refractivity contribution in [3.8, 4) is 5.75 Å². The van der Waals surface area contributed by atoms with Crippen LogP contribution in [0.2, 0.25) is 19.1 Å². The topological polar surface area (TPSA) is 35.5 Å². The molecule has 0 aromatic heterocycles. The minimum absolute atomic E-state index is 0.219. The van der Waals surface area contributed by atoms with E-state index in [1.165, 1.54) is 0 Å². The molecule has 0 saturated heterocycles. The maximum Gasteiger partial charge on any atom is 0.490 e. The van der Waals surface area contributed by atoms with E-state index in [9.17, 15) is 18.0 Å². The van der Waals surface area contributed by atoms with Gasteiger partial charge < -0.3 is 9.47 Å². The molecular weight excluding hydrogens is 289 g/mol. The van der Waals surface area contributed by atoms with Crippen LogP contribution in [0.5, 0.6) is 5.75 Å². The highest BCUT2D eigenvalue weighted by Gasteiger charge is 2.41. The quantitative estimate of drug-likeness (QED) is 0.620. The van der Waals surface area contributed by atoms with Crippen LogP contribution in [0.3, 0.4) is 0 Å². The minimum Gasteiger partial charge on any atom is -0.497 e. The van der Waals surface area contributed by atoms with Gasteiger partial charge in [-0.3, -0.25) is 0 Å². The van der Waals surface area contributed by atoms with Gasteiger partial charge in [0.25, 0.3) is 0 Å². The van der Waals surface area contributed by atoms with E-state index in [1.807, 2.05) is 37.4 Å². The Kier molecular flexibility index (Phi) is 5.21. The SMILES string of the molecule is COc1ccc([Si](C)(C)CCOC(=O)C(F)(F)F)cc1. The monoisotopic (exact) mass is 306 g/mol. The normalized spacial score (nSPS) is 12.1. The molecule has 1 aromatic carbocycles. The molecule has 0 aliphatic carbocycles. The summed E-state index contributed by atoms with van der Waals surface area (Å²) in [7, 11) is -0.378. The third-order valence-electron chi connectivity index (χ3n) is 3.06. The van der Waals surface area contributed by atoms with E-state index >= 15 is 0 Å². The first-order chi connectivity index (χ1) is 9.16. The lowest BCUT2D eigenvalue weighted by Crippen LogP contribution is -2.42. The van der Waals surface area contributed by atoms with Gasteiger partial charge in [0, 0.05) is 0 Å². The number of ether oxygens (including phenoxy) is 2. The van der Waals surface area contributed by atoms with Crippen LogP contribution in [-0.4, -0.2) is 33.9 Å². The number of hydrogen-bond donors (Lipinski definition) is 0. The fourth-order valence-electron chi connectivity index (χ4n) is 1.67. The standard InChI is InChI=1S/C13H17F3O3Si/c1-18-10-4-6-11(7-5-10)20(2,3)9-8-19-12(17)13(14,15)16/h4-7H,8-9H2,1-3H3. The van der Waals surface area contributed by atoms with Crippen molar-refractivity contribution in [2.24, 2.45) is 0 Å². The highest BCUT2D eigenvalue weighted by atomic mass is 28.3. The number of benzene rings is 1. The van der Waals surface area contributed by atoms with Crippen LogP contribution in [0.1, 0.15) is 0 Å². The van der Waals surface area contributed by atoms with Gasteiger partial charge in [0.15, 0.2) is 0 Å².